The summed E-state index contributed by atoms with van der Waals surface area (Å²) in [7, 11) is 0. The van der Waals surface area contributed by atoms with Crippen LogP contribution in [0, 0.1) is 16.7 Å². The molecular weight excluding hydrogens is 302 g/mol. The van der Waals surface area contributed by atoms with E-state index in [1.54, 1.807) is 0 Å². The lowest BCUT2D eigenvalue weighted by atomic mass is 9.64. The molecule has 0 spiro atoms. The van der Waals surface area contributed by atoms with Gasteiger partial charge in [0.15, 0.2) is 0 Å². The van der Waals surface area contributed by atoms with Gasteiger partial charge in [-0.15, -0.1) is 6.58 Å². The highest BCUT2D eigenvalue weighted by Gasteiger charge is 2.58. The summed E-state index contributed by atoms with van der Waals surface area (Å²) in [4.78, 5) is 30.0. The molecule has 2 amide bonds. The van der Waals surface area contributed by atoms with Crippen molar-refractivity contribution >= 4 is 11.8 Å². The Balaban J connectivity index is 2.08. The summed E-state index contributed by atoms with van der Waals surface area (Å²) in [6.07, 6.45) is 3.49. The monoisotopic (exact) mass is 335 g/mol. The minimum atomic E-state index is -0.469. The van der Waals surface area contributed by atoms with E-state index in [0.717, 1.165) is 45.6 Å². The van der Waals surface area contributed by atoms with E-state index >= 15 is 0 Å². The molecule has 0 aromatic heterocycles. The molecule has 24 heavy (non-hydrogen) atoms. The summed E-state index contributed by atoms with van der Waals surface area (Å²) in [6.45, 7) is 16.8. The Hall–Kier alpha value is -1.36. The summed E-state index contributed by atoms with van der Waals surface area (Å²) in [6, 6.07) is 0. The molecule has 2 rings (SSSR count). The fraction of sp³-hybridized carbons (Fsp3) is 0.789. The van der Waals surface area contributed by atoms with Gasteiger partial charge in [0.2, 0.25) is 11.8 Å². The summed E-state index contributed by atoms with van der Waals surface area (Å²) >= 11 is 0. The van der Waals surface area contributed by atoms with Crippen LogP contribution in [0.3, 0.4) is 0 Å². The van der Waals surface area contributed by atoms with E-state index in [-0.39, 0.29) is 23.1 Å². The van der Waals surface area contributed by atoms with Gasteiger partial charge in [0.05, 0.1) is 5.41 Å². The van der Waals surface area contributed by atoms with E-state index < -0.39 is 5.41 Å². The molecule has 0 aromatic carbocycles. The van der Waals surface area contributed by atoms with Crippen LogP contribution in [-0.2, 0) is 9.59 Å². The number of rotatable bonds is 5. The number of carbonyl (C=O) groups is 2. The number of hydrogen-bond acceptors (Lipinski definition) is 3. The Kier molecular flexibility index (Phi) is 5.74. The zero-order valence-electron chi connectivity index (χ0n) is 15.7. The van der Waals surface area contributed by atoms with Gasteiger partial charge in [0.1, 0.15) is 0 Å². The van der Waals surface area contributed by atoms with Crippen LogP contribution in [0.5, 0.6) is 0 Å². The van der Waals surface area contributed by atoms with Gasteiger partial charge in [0.25, 0.3) is 0 Å². The van der Waals surface area contributed by atoms with Crippen molar-refractivity contribution in [2.75, 3.05) is 39.3 Å². The molecule has 1 aliphatic carbocycles. The van der Waals surface area contributed by atoms with Crippen LogP contribution in [0.2, 0.25) is 0 Å². The van der Waals surface area contributed by atoms with Crippen molar-refractivity contribution in [2.45, 2.75) is 40.5 Å². The minimum absolute atomic E-state index is 0.0894. The third kappa shape index (κ3) is 3.23. The zero-order valence-corrected chi connectivity index (χ0v) is 15.7. The molecule has 1 saturated carbocycles. The van der Waals surface area contributed by atoms with Gasteiger partial charge < -0.3 is 10.2 Å². The van der Waals surface area contributed by atoms with Gasteiger partial charge >= 0.3 is 0 Å². The van der Waals surface area contributed by atoms with Crippen LogP contribution in [0.15, 0.2) is 12.7 Å². The van der Waals surface area contributed by atoms with Gasteiger partial charge in [0, 0.05) is 45.2 Å². The third-order valence-corrected chi connectivity index (χ3v) is 6.41. The van der Waals surface area contributed by atoms with Gasteiger partial charge in [-0.2, -0.15) is 0 Å². The summed E-state index contributed by atoms with van der Waals surface area (Å²) in [5.41, 5.74) is -0.801. The minimum Gasteiger partial charge on any atom is -0.356 e. The van der Waals surface area contributed by atoms with Crippen LogP contribution in [-0.4, -0.2) is 60.9 Å². The summed E-state index contributed by atoms with van der Waals surface area (Å²) in [5, 5.41) is 2.94. The molecule has 0 radical (unpaired) electrons. The Bertz CT molecular complexity index is 495. The van der Waals surface area contributed by atoms with Crippen molar-refractivity contribution in [3.05, 3.63) is 12.7 Å². The normalized spacial score (nSPS) is 30.2. The number of nitrogens with zero attached hydrogens (tertiary/aromatic N) is 2. The van der Waals surface area contributed by atoms with E-state index in [4.69, 9.17) is 0 Å². The van der Waals surface area contributed by atoms with Crippen LogP contribution in [0.1, 0.15) is 40.5 Å². The van der Waals surface area contributed by atoms with E-state index in [2.05, 4.69) is 37.6 Å². The maximum absolute atomic E-state index is 13.3. The average molecular weight is 335 g/mol. The Labute approximate surface area is 146 Å². The highest BCUT2D eigenvalue weighted by Crippen LogP contribution is 2.56. The van der Waals surface area contributed by atoms with Crippen molar-refractivity contribution in [1.29, 1.82) is 0 Å². The van der Waals surface area contributed by atoms with Crippen molar-refractivity contribution in [1.82, 2.24) is 15.1 Å². The lowest BCUT2D eigenvalue weighted by Crippen LogP contribution is -2.55. The van der Waals surface area contributed by atoms with Crippen LogP contribution in [0.4, 0.5) is 0 Å². The van der Waals surface area contributed by atoms with Gasteiger partial charge in [-0.25, -0.2) is 0 Å². The average Bonchev–Trinajstić information content (AvgIpc) is 2.79. The molecule has 1 saturated heterocycles. The van der Waals surface area contributed by atoms with E-state index in [1.165, 1.54) is 0 Å². The quantitative estimate of drug-likeness (QED) is 0.781. The highest BCUT2D eigenvalue weighted by atomic mass is 16.2. The lowest BCUT2D eigenvalue weighted by Gasteiger charge is -2.44. The number of nitrogens with one attached hydrogen (secondary N) is 1. The first-order valence-corrected chi connectivity index (χ1v) is 9.18. The maximum atomic E-state index is 13.3. The SMILES string of the molecule is C=CCN1CCN(C(=O)[C@@]2(C)CC[C@@H](C(=O)NCC)C2(C)C)CC1. The first-order valence-electron chi connectivity index (χ1n) is 9.18. The van der Waals surface area contributed by atoms with Crippen molar-refractivity contribution in [3.63, 3.8) is 0 Å². The van der Waals surface area contributed by atoms with Crippen molar-refractivity contribution in [3.8, 4) is 0 Å². The molecule has 2 atom stereocenters. The van der Waals surface area contributed by atoms with Crippen LogP contribution < -0.4 is 5.32 Å². The Morgan fingerprint density at radius 2 is 1.83 bits per heavy atom. The molecule has 1 heterocycles. The molecular formula is C19H33N3O2. The first kappa shape index (κ1) is 19.0. The van der Waals surface area contributed by atoms with Gasteiger partial charge in [-0.1, -0.05) is 26.8 Å². The number of hydrogen-bond donors (Lipinski definition) is 1. The third-order valence-electron chi connectivity index (χ3n) is 6.41. The van der Waals surface area contributed by atoms with Crippen LogP contribution >= 0.6 is 0 Å². The van der Waals surface area contributed by atoms with Crippen molar-refractivity contribution in [2.24, 2.45) is 16.7 Å². The smallest absolute Gasteiger partial charge is 0.229 e. The maximum Gasteiger partial charge on any atom is 0.229 e. The second-order valence-electron chi connectivity index (χ2n) is 7.92. The van der Waals surface area contributed by atoms with E-state index in [0.29, 0.717) is 6.54 Å². The molecule has 0 unspecified atom stereocenters. The predicted molar refractivity (Wildman–Crippen MR) is 96.5 cm³/mol. The van der Waals surface area contributed by atoms with E-state index in [1.807, 2.05) is 17.9 Å². The van der Waals surface area contributed by atoms with E-state index in [9.17, 15) is 9.59 Å². The van der Waals surface area contributed by atoms with Crippen LogP contribution in [0.25, 0.3) is 0 Å². The molecule has 0 bridgehead atoms. The lowest BCUT2D eigenvalue weighted by molar-refractivity contribution is -0.150. The zero-order chi connectivity index (χ0) is 18.0. The Morgan fingerprint density at radius 1 is 1.21 bits per heavy atom. The summed E-state index contributed by atoms with van der Waals surface area (Å²) in [5.74, 6) is 0.223. The number of piperazine rings is 1. The molecule has 2 fully saturated rings. The second-order valence-corrected chi connectivity index (χ2v) is 7.92. The fourth-order valence-corrected chi connectivity index (χ4v) is 4.30. The predicted octanol–water partition coefficient (Wildman–Crippen LogP) is 1.90. The molecule has 0 aromatic rings. The molecule has 2 aliphatic rings. The molecule has 136 valence electrons. The fourth-order valence-electron chi connectivity index (χ4n) is 4.30. The molecule has 5 heteroatoms. The molecule has 1 aliphatic heterocycles. The van der Waals surface area contributed by atoms with Gasteiger partial charge in [-0.3, -0.25) is 14.5 Å². The topological polar surface area (TPSA) is 52.7 Å². The molecule has 1 N–H and O–H groups in total. The van der Waals surface area contributed by atoms with Crippen molar-refractivity contribution < 1.29 is 9.59 Å². The summed E-state index contributed by atoms with van der Waals surface area (Å²) < 4.78 is 0. The van der Waals surface area contributed by atoms with Gasteiger partial charge in [-0.05, 0) is 25.2 Å². The largest absolute Gasteiger partial charge is 0.356 e. The highest BCUT2D eigenvalue weighted by molar-refractivity contribution is 5.87. The Morgan fingerprint density at radius 3 is 2.38 bits per heavy atom. The number of amides is 2. The second kappa shape index (κ2) is 7.26. The standard InChI is InChI=1S/C19H33N3O2/c1-6-10-21-11-13-22(14-12-21)17(24)19(5)9-8-15(18(19,3)4)16(23)20-7-2/h6,15H,1,7-14H2,2-5H3,(H,20,23)/t15-,19+/m0/s1. The molecule has 5 nitrogen and oxygen atoms in total. The number of carbonyl (C=O) groups excluding carboxylic acids is 2. The first-order chi connectivity index (χ1) is 11.3.